The predicted molar refractivity (Wildman–Crippen MR) is 68.0 cm³/mol. The third-order valence-electron chi connectivity index (χ3n) is 3.29. The zero-order valence-corrected chi connectivity index (χ0v) is 10.7. The normalized spacial score (nSPS) is 17.0. The third-order valence-corrected chi connectivity index (χ3v) is 3.29. The summed E-state index contributed by atoms with van der Waals surface area (Å²) < 4.78 is 0. The maximum Gasteiger partial charge on any atom is 0.00729 e. The van der Waals surface area contributed by atoms with Crippen molar-refractivity contribution >= 4 is 0 Å². The highest BCUT2D eigenvalue weighted by Crippen LogP contribution is 2.31. The lowest BCUT2D eigenvalue weighted by Gasteiger charge is -2.33. The van der Waals surface area contributed by atoms with Crippen molar-refractivity contribution in [3.63, 3.8) is 0 Å². The standard InChI is InChI=1S/C14H25N/c1-5-15(6-2)12-14(3,4)13-10-8-7-9-11-13/h8,10-11H,5-7,9,12H2,1-4H3. The van der Waals surface area contributed by atoms with Crippen LogP contribution in [-0.2, 0) is 0 Å². The first kappa shape index (κ1) is 12.5. The van der Waals surface area contributed by atoms with Crippen LogP contribution in [0, 0.1) is 5.41 Å². The Balaban J connectivity index is 2.64. The number of hydrogen-bond donors (Lipinski definition) is 0. The second kappa shape index (κ2) is 5.50. The summed E-state index contributed by atoms with van der Waals surface area (Å²) in [6.45, 7) is 12.7. The summed E-state index contributed by atoms with van der Waals surface area (Å²) in [4.78, 5) is 2.50. The highest BCUT2D eigenvalue weighted by Gasteiger charge is 2.24. The Bertz CT molecular complexity index is 244. The van der Waals surface area contributed by atoms with Crippen LogP contribution in [0.4, 0.5) is 0 Å². The molecule has 0 amide bonds. The van der Waals surface area contributed by atoms with Gasteiger partial charge in [-0.15, -0.1) is 0 Å². The Morgan fingerprint density at radius 1 is 1.20 bits per heavy atom. The second-order valence-electron chi connectivity index (χ2n) is 4.98. The van der Waals surface area contributed by atoms with E-state index in [4.69, 9.17) is 0 Å². The monoisotopic (exact) mass is 207 g/mol. The molecule has 0 radical (unpaired) electrons. The number of nitrogens with zero attached hydrogens (tertiary/aromatic N) is 1. The third kappa shape index (κ3) is 3.49. The topological polar surface area (TPSA) is 3.24 Å². The summed E-state index contributed by atoms with van der Waals surface area (Å²) in [5, 5.41) is 0. The molecular weight excluding hydrogens is 182 g/mol. The molecule has 1 nitrogen and oxygen atoms in total. The molecule has 86 valence electrons. The first-order valence-electron chi connectivity index (χ1n) is 6.19. The van der Waals surface area contributed by atoms with Crippen LogP contribution in [0.15, 0.2) is 23.8 Å². The molecule has 0 aliphatic heterocycles. The van der Waals surface area contributed by atoms with Crippen molar-refractivity contribution in [3.8, 4) is 0 Å². The van der Waals surface area contributed by atoms with E-state index in [2.05, 4.69) is 50.8 Å². The highest BCUT2D eigenvalue weighted by atomic mass is 15.1. The molecular formula is C14H25N. The van der Waals surface area contributed by atoms with Gasteiger partial charge in [-0.2, -0.15) is 0 Å². The molecule has 0 heterocycles. The van der Waals surface area contributed by atoms with Gasteiger partial charge in [-0.3, -0.25) is 0 Å². The van der Waals surface area contributed by atoms with Crippen molar-refractivity contribution in [2.75, 3.05) is 19.6 Å². The minimum absolute atomic E-state index is 0.295. The van der Waals surface area contributed by atoms with Gasteiger partial charge in [0.25, 0.3) is 0 Å². The Labute approximate surface area is 94.9 Å². The molecule has 1 heteroatoms. The van der Waals surface area contributed by atoms with Crippen LogP contribution < -0.4 is 0 Å². The van der Waals surface area contributed by atoms with E-state index in [-0.39, 0.29) is 0 Å². The molecule has 15 heavy (non-hydrogen) atoms. The van der Waals surface area contributed by atoms with Crippen LogP contribution in [0.3, 0.4) is 0 Å². The van der Waals surface area contributed by atoms with Crippen molar-refractivity contribution in [2.45, 2.75) is 40.5 Å². The smallest absolute Gasteiger partial charge is 0.00729 e. The zero-order chi connectivity index (χ0) is 11.3. The lowest BCUT2D eigenvalue weighted by atomic mass is 9.81. The summed E-state index contributed by atoms with van der Waals surface area (Å²) in [7, 11) is 0. The highest BCUT2D eigenvalue weighted by molar-refractivity contribution is 5.28. The average Bonchev–Trinajstić information content (AvgIpc) is 2.27. The van der Waals surface area contributed by atoms with Crippen LogP contribution in [0.2, 0.25) is 0 Å². The Kier molecular flexibility index (Phi) is 4.59. The second-order valence-corrected chi connectivity index (χ2v) is 4.98. The Hall–Kier alpha value is -0.560. The minimum Gasteiger partial charge on any atom is -0.303 e. The predicted octanol–water partition coefficient (Wildman–Crippen LogP) is 3.63. The summed E-state index contributed by atoms with van der Waals surface area (Å²) >= 11 is 0. The molecule has 0 fully saturated rings. The van der Waals surface area contributed by atoms with E-state index in [9.17, 15) is 0 Å². The fourth-order valence-corrected chi connectivity index (χ4v) is 2.21. The molecule has 0 spiro atoms. The zero-order valence-electron chi connectivity index (χ0n) is 10.7. The molecule has 0 saturated carbocycles. The fourth-order valence-electron chi connectivity index (χ4n) is 2.21. The van der Waals surface area contributed by atoms with E-state index in [1.807, 2.05) is 0 Å². The van der Waals surface area contributed by atoms with Gasteiger partial charge in [0.15, 0.2) is 0 Å². The minimum atomic E-state index is 0.295. The van der Waals surface area contributed by atoms with Gasteiger partial charge in [0.2, 0.25) is 0 Å². The number of allylic oxidation sites excluding steroid dienone is 3. The largest absolute Gasteiger partial charge is 0.303 e. The summed E-state index contributed by atoms with van der Waals surface area (Å²) in [6, 6.07) is 0. The quantitative estimate of drug-likeness (QED) is 0.665. The van der Waals surface area contributed by atoms with Crippen molar-refractivity contribution in [3.05, 3.63) is 23.8 Å². The summed E-state index contributed by atoms with van der Waals surface area (Å²) in [5.41, 5.74) is 1.81. The maximum absolute atomic E-state index is 2.50. The van der Waals surface area contributed by atoms with Gasteiger partial charge in [0.1, 0.15) is 0 Å². The fraction of sp³-hybridized carbons (Fsp3) is 0.714. The van der Waals surface area contributed by atoms with Gasteiger partial charge in [-0.1, -0.05) is 45.9 Å². The molecule has 0 atom stereocenters. The summed E-state index contributed by atoms with van der Waals surface area (Å²) in [5.74, 6) is 0. The molecule has 0 aromatic heterocycles. The molecule has 1 rings (SSSR count). The van der Waals surface area contributed by atoms with Gasteiger partial charge in [-0.25, -0.2) is 0 Å². The molecule has 0 saturated heterocycles. The van der Waals surface area contributed by atoms with Crippen LogP contribution in [-0.4, -0.2) is 24.5 Å². The maximum atomic E-state index is 2.50. The summed E-state index contributed by atoms with van der Waals surface area (Å²) in [6.07, 6.45) is 9.45. The molecule has 1 aliphatic rings. The lowest BCUT2D eigenvalue weighted by Crippen LogP contribution is -2.35. The first-order valence-corrected chi connectivity index (χ1v) is 6.19. The van der Waals surface area contributed by atoms with Crippen LogP contribution in [0.25, 0.3) is 0 Å². The lowest BCUT2D eigenvalue weighted by molar-refractivity contribution is 0.222. The van der Waals surface area contributed by atoms with Crippen LogP contribution >= 0.6 is 0 Å². The van der Waals surface area contributed by atoms with Crippen molar-refractivity contribution in [2.24, 2.45) is 5.41 Å². The molecule has 0 unspecified atom stereocenters. The van der Waals surface area contributed by atoms with Crippen molar-refractivity contribution in [1.29, 1.82) is 0 Å². The Morgan fingerprint density at radius 3 is 2.33 bits per heavy atom. The van der Waals surface area contributed by atoms with Crippen molar-refractivity contribution in [1.82, 2.24) is 4.90 Å². The van der Waals surface area contributed by atoms with E-state index in [0.717, 1.165) is 19.6 Å². The SMILES string of the molecule is CCN(CC)CC(C)(C)C1=CCCC=C1. The van der Waals surface area contributed by atoms with Crippen LogP contribution in [0.1, 0.15) is 40.5 Å². The van der Waals surface area contributed by atoms with Gasteiger partial charge >= 0.3 is 0 Å². The number of rotatable bonds is 5. The van der Waals surface area contributed by atoms with Crippen molar-refractivity contribution < 1.29 is 0 Å². The van der Waals surface area contributed by atoms with E-state index in [1.54, 1.807) is 0 Å². The van der Waals surface area contributed by atoms with Gasteiger partial charge < -0.3 is 4.90 Å². The van der Waals surface area contributed by atoms with Gasteiger partial charge in [0, 0.05) is 12.0 Å². The molecule has 1 aliphatic carbocycles. The molecule has 0 aromatic carbocycles. The molecule has 0 aromatic rings. The van der Waals surface area contributed by atoms with E-state index in [1.165, 1.54) is 18.4 Å². The number of hydrogen-bond acceptors (Lipinski definition) is 1. The average molecular weight is 207 g/mol. The molecule has 0 N–H and O–H groups in total. The van der Waals surface area contributed by atoms with E-state index >= 15 is 0 Å². The van der Waals surface area contributed by atoms with E-state index < -0.39 is 0 Å². The first-order chi connectivity index (χ1) is 7.10. The Morgan fingerprint density at radius 2 is 1.87 bits per heavy atom. The molecule has 0 bridgehead atoms. The van der Waals surface area contributed by atoms with Gasteiger partial charge in [-0.05, 0) is 31.5 Å². The van der Waals surface area contributed by atoms with E-state index in [0.29, 0.717) is 5.41 Å². The van der Waals surface area contributed by atoms with Crippen LogP contribution in [0.5, 0.6) is 0 Å². The van der Waals surface area contributed by atoms with Gasteiger partial charge in [0.05, 0.1) is 0 Å².